The monoisotopic (exact) mass is 315 g/mol. The Bertz CT molecular complexity index is 686. The first-order valence-electron chi connectivity index (χ1n) is 7.37. The highest BCUT2D eigenvalue weighted by Gasteiger charge is 2.11. The minimum Gasteiger partial charge on any atom is -0.351 e. The molecule has 0 bridgehead atoms. The molecule has 2 rings (SSSR count). The van der Waals surface area contributed by atoms with E-state index in [9.17, 15) is 14.0 Å². The van der Waals surface area contributed by atoms with Gasteiger partial charge in [0.25, 0.3) is 11.8 Å². The van der Waals surface area contributed by atoms with Crippen molar-refractivity contribution >= 4 is 11.8 Å². The van der Waals surface area contributed by atoms with Gasteiger partial charge < -0.3 is 10.6 Å². The van der Waals surface area contributed by atoms with Crippen molar-refractivity contribution < 1.29 is 14.0 Å². The number of aromatic nitrogens is 1. The summed E-state index contributed by atoms with van der Waals surface area (Å²) in [6.45, 7) is 2.79. The molecule has 0 aliphatic heterocycles. The Morgan fingerprint density at radius 1 is 1.09 bits per heavy atom. The Morgan fingerprint density at radius 3 is 2.52 bits per heavy atom. The smallest absolute Gasteiger partial charge is 0.269 e. The fourth-order valence-electron chi connectivity index (χ4n) is 1.91. The number of hydrogen-bond acceptors (Lipinski definition) is 3. The molecular formula is C17H18FN3O2. The predicted octanol–water partition coefficient (Wildman–Crippen LogP) is 2.29. The summed E-state index contributed by atoms with van der Waals surface area (Å²) in [5.41, 5.74) is 1.34. The van der Waals surface area contributed by atoms with Crippen LogP contribution in [0.15, 0.2) is 42.6 Å². The SMILES string of the molecule is CCCNC(=O)c1cc(C(=O)NCc2ccc(F)cc2)ccn1. The summed E-state index contributed by atoms with van der Waals surface area (Å²) in [6.07, 6.45) is 2.25. The van der Waals surface area contributed by atoms with Crippen molar-refractivity contribution in [1.29, 1.82) is 0 Å². The second-order valence-corrected chi connectivity index (χ2v) is 4.99. The van der Waals surface area contributed by atoms with Crippen molar-refractivity contribution in [3.05, 3.63) is 65.2 Å². The minimum atomic E-state index is -0.322. The second kappa shape index (κ2) is 8.03. The first-order valence-corrected chi connectivity index (χ1v) is 7.37. The molecule has 23 heavy (non-hydrogen) atoms. The molecular weight excluding hydrogens is 297 g/mol. The Hall–Kier alpha value is -2.76. The first-order chi connectivity index (χ1) is 11.1. The van der Waals surface area contributed by atoms with Crippen molar-refractivity contribution in [2.45, 2.75) is 19.9 Å². The summed E-state index contributed by atoms with van der Waals surface area (Å²) >= 11 is 0. The molecule has 0 fully saturated rings. The Morgan fingerprint density at radius 2 is 1.83 bits per heavy atom. The first kappa shape index (κ1) is 16.6. The molecule has 0 aliphatic rings. The highest BCUT2D eigenvalue weighted by molar-refractivity contribution is 5.98. The fourth-order valence-corrected chi connectivity index (χ4v) is 1.91. The zero-order chi connectivity index (χ0) is 16.7. The quantitative estimate of drug-likeness (QED) is 0.859. The van der Waals surface area contributed by atoms with Crippen LogP contribution in [0.25, 0.3) is 0 Å². The van der Waals surface area contributed by atoms with Crippen molar-refractivity contribution in [3.8, 4) is 0 Å². The van der Waals surface area contributed by atoms with E-state index in [1.54, 1.807) is 12.1 Å². The van der Waals surface area contributed by atoms with E-state index < -0.39 is 0 Å². The van der Waals surface area contributed by atoms with Gasteiger partial charge in [0, 0.05) is 24.8 Å². The number of pyridine rings is 1. The lowest BCUT2D eigenvalue weighted by atomic mass is 10.2. The van der Waals surface area contributed by atoms with Gasteiger partial charge in [-0.05, 0) is 36.2 Å². The van der Waals surface area contributed by atoms with Crippen LogP contribution in [-0.2, 0) is 6.54 Å². The lowest BCUT2D eigenvalue weighted by Gasteiger charge is -2.07. The van der Waals surface area contributed by atoms with E-state index >= 15 is 0 Å². The molecule has 0 unspecified atom stereocenters. The average Bonchev–Trinajstić information content (AvgIpc) is 2.59. The summed E-state index contributed by atoms with van der Waals surface area (Å²) in [5, 5.41) is 5.43. The van der Waals surface area contributed by atoms with Crippen LogP contribution in [-0.4, -0.2) is 23.3 Å². The molecule has 0 aliphatic carbocycles. The van der Waals surface area contributed by atoms with Gasteiger partial charge in [-0.15, -0.1) is 0 Å². The number of nitrogens with zero attached hydrogens (tertiary/aromatic N) is 1. The van der Waals surface area contributed by atoms with Crippen molar-refractivity contribution in [2.24, 2.45) is 0 Å². The molecule has 0 saturated carbocycles. The maximum absolute atomic E-state index is 12.8. The highest BCUT2D eigenvalue weighted by atomic mass is 19.1. The largest absolute Gasteiger partial charge is 0.351 e. The van der Waals surface area contributed by atoms with Gasteiger partial charge in [0.15, 0.2) is 0 Å². The molecule has 1 aromatic heterocycles. The maximum atomic E-state index is 12.8. The molecule has 5 nitrogen and oxygen atoms in total. The van der Waals surface area contributed by atoms with E-state index in [0.29, 0.717) is 12.1 Å². The third-order valence-electron chi connectivity index (χ3n) is 3.16. The van der Waals surface area contributed by atoms with Gasteiger partial charge in [0.2, 0.25) is 0 Å². The van der Waals surface area contributed by atoms with Crippen molar-refractivity contribution in [3.63, 3.8) is 0 Å². The number of halogens is 1. The number of carbonyl (C=O) groups excluding carboxylic acids is 2. The molecule has 2 N–H and O–H groups in total. The predicted molar refractivity (Wildman–Crippen MR) is 84.4 cm³/mol. The van der Waals surface area contributed by atoms with Gasteiger partial charge in [-0.2, -0.15) is 0 Å². The van der Waals surface area contributed by atoms with Gasteiger partial charge in [-0.1, -0.05) is 19.1 Å². The van der Waals surface area contributed by atoms with E-state index in [0.717, 1.165) is 12.0 Å². The van der Waals surface area contributed by atoms with E-state index in [2.05, 4.69) is 15.6 Å². The van der Waals surface area contributed by atoms with Crippen LogP contribution < -0.4 is 10.6 Å². The number of hydrogen-bond donors (Lipinski definition) is 2. The van der Waals surface area contributed by atoms with E-state index in [4.69, 9.17) is 0 Å². The maximum Gasteiger partial charge on any atom is 0.269 e. The summed E-state index contributed by atoms with van der Waals surface area (Å²) in [4.78, 5) is 27.9. The molecule has 2 aromatic rings. The molecule has 2 amide bonds. The van der Waals surface area contributed by atoms with E-state index in [-0.39, 0.29) is 29.9 Å². The molecule has 0 radical (unpaired) electrons. The van der Waals surface area contributed by atoms with Gasteiger partial charge >= 0.3 is 0 Å². The van der Waals surface area contributed by atoms with E-state index in [1.165, 1.54) is 30.5 Å². The van der Waals surface area contributed by atoms with E-state index in [1.807, 2.05) is 6.92 Å². The lowest BCUT2D eigenvalue weighted by Crippen LogP contribution is -2.26. The fraction of sp³-hybridized carbons (Fsp3) is 0.235. The van der Waals surface area contributed by atoms with Gasteiger partial charge in [0.1, 0.15) is 11.5 Å². The van der Waals surface area contributed by atoms with Gasteiger partial charge in [-0.3, -0.25) is 14.6 Å². The number of nitrogens with one attached hydrogen (secondary N) is 2. The molecule has 0 saturated heterocycles. The van der Waals surface area contributed by atoms with Crippen molar-refractivity contribution in [2.75, 3.05) is 6.54 Å². The summed E-state index contributed by atoms with van der Waals surface area (Å²) in [7, 11) is 0. The lowest BCUT2D eigenvalue weighted by molar-refractivity contribution is 0.0948. The number of carbonyl (C=O) groups is 2. The molecule has 0 spiro atoms. The van der Waals surface area contributed by atoms with Crippen LogP contribution in [0.4, 0.5) is 4.39 Å². The molecule has 1 heterocycles. The van der Waals surface area contributed by atoms with Gasteiger partial charge in [0.05, 0.1) is 0 Å². The normalized spacial score (nSPS) is 10.2. The Labute approximate surface area is 133 Å². The molecule has 120 valence electrons. The summed E-state index contributed by atoms with van der Waals surface area (Å²) < 4.78 is 12.8. The Kier molecular flexibility index (Phi) is 5.80. The minimum absolute atomic E-state index is 0.202. The zero-order valence-corrected chi connectivity index (χ0v) is 12.8. The van der Waals surface area contributed by atoms with Crippen LogP contribution in [0.2, 0.25) is 0 Å². The third-order valence-corrected chi connectivity index (χ3v) is 3.16. The van der Waals surface area contributed by atoms with Crippen molar-refractivity contribution in [1.82, 2.24) is 15.6 Å². The summed E-state index contributed by atoms with van der Waals surface area (Å²) in [5.74, 6) is -0.946. The molecule has 0 atom stereocenters. The number of benzene rings is 1. The Balaban J connectivity index is 1.99. The third kappa shape index (κ3) is 4.88. The molecule has 1 aromatic carbocycles. The zero-order valence-electron chi connectivity index (χ0n) is 12.8. The second-order valence-electron chi connectivity index (χ2n) is 4.99. The van der Waals surface area contributed by atoms with Crippen LogP contribution in [0.3, 0.4) is 0 Å². The number of rotatable bonds is 6. The highest BCUT2D eigenvalue weighted by Crippen LogP contribution is 2.05. The van der Waals surface area contributed by atoms with Gasteiger partial charge in [-0.25, -0.2) is 4.39 Å². The van der Waals surface area contributed by atoms with Crippen LogP contribution in [0.1, 0.15) is 39.8 Å². The number of amides is 2. The van der Waals surface area contributed by atoms with Crippen LogP contribution >= 0.6 is 0 Å². The molecule has 6 heteroatoms. The topological polar surface area (TPSA) is 71.1 Å². The average molecular weight is 315 g/mol. The van der Waals surface area contributed by atoms with Crippen LogP contribution in [0.5, 0.6) is 0 Å². The summed E-state index contributed by atoms with van der Waals surface area (Å²) in [6, 6.07) is 8.87. The van der Waals surface area contributed by atoms with Crippen LogP contribution in [0, 0.1) is 5.82 Å². The standard InChI is InChI=1S/C17H18FN3O2/c1-2-8-20-17(23)15-10-13(7-9-19-15)16(22)21-11-12-3-5-14(18)6-4-12/h3-7,9-10H,2,8,11H2,1H3,(H,20,23)(H,21,22).